The van der Waals surface area contributed by atoms with Gasteiger partial charge in [-0.05, 0) is 37.1 Å². The molecule has 0 saturated carbocycles. The minimum atomic E-state index is -0.276. The highest BCUT2D eigenvalue weighted by Crippen LogP contribution is 2.20. The van der Waals surface area contributed by atoms with Gasteiger partial charge >= 0.3 is 0 Å². The van der Waals surface area contributed by atoms with E-state index in [0.29, 0.717) is 12.1 Å². The summed E-state index contributed by atoms with van der Waals surface area (Å²) < 4.78 is 12.7. The highest BCUT2D eigenvalue weighted by atomic mass is 19.1. The zero-order chi connectivity index (χ0) is 9.14. The maximum absolute atomic E-state index is 12.7. The van der Waals surface area contributed by atoms with Gasteiger partial charge in [0.25, 0.3) is 0 Å². The number of hydrogen-bond donors (Lipinski definition) is 1. The highest BCUT2D eigenvalue weighted by Gasteiger charge is 2.03. The molecule has 1 rings (SSSR count). The Labute approximate surface area is 70.4 Å². The van der Waals surface area contributed by atoms with Gasteiger partial charge in [-0.25, -0.2) is 4.39 Å². The van der Waals surface area contributed by atoms with Crippen LogP contribution in [0.25, 0.3) is 0 Å². The van der Waals surface area contributed by atoms with Crippen LogP contribution in [0.5, 0.6) is 0 Å². The summed E-state index contributed by atoms with van der Waals surface area (Å²) in [5, 5.41) is 2.52. The molecule has 64 valence electrons. The number of nitrogens with one attached hydrogen (secondary N) is 1. The Morgan fingerprint density at radius 1 is 1.33 bits per heavy atom. The van der Waals surface area contributed by atoms with E-state index in [9.17, 15) is 9.18 Å². The fraction of sp³-hybridized carbons (Fsp3) is 0.222. The molecule has 0 radical (unpaired) electrons. The molecule has 0 atom stereocenters. The topological polar surface area (TPSA) is 29.1 Å². The second-order valence-electron chi connectivity index (χ2n) is 2.68. The van der Waals surface area contributed by atoms with Gasteiger partial charge in [0.05, 0.1) is 0 Å². The van der Waals surface area contributed by atoms with Crippen molar-refractivity contribution in [1.29, 1.82) is 0 Å². The van der Waals surface area contributed by atoms with Crippen LogP contribution in [0.1, 0.15) is 11.1 Å². The van der Waals surface area contributed by atoms with Crippen LogP contribution in [0.2, 0.25) is 0 Å². The van der Waals surface area contributed by atoms with E-state index in [-0.39, 0.29) is 5.82 Å². The van der Waals surface area contributed by atoms with Crippen molar-refractivity contribution < 1.29 is 9.18 Å². The third-order valence-electron chi connectivity index (χ3n) is 1.70. The second-order valence-corrected chi connectivity index (χ2v) is 2.68. The van der Waals surface area contributed by atoms with Gasteiger partial charge in [-0.2, -0.15) is 0 Å². The van der Waals surface area contributed by atoms with E-state index in [1.165, 1.54) is 12.1 Å². The largest absolute Gasteiger partial charge is 0.328 e. The van der Waals surface area contributed by atoms with Crippen molar-refractivity contribution in [2.24, 2.45) is 0 Å². The van der Waals surface area contributed by atoms with Gasteiger partial charge in [0, 0.05) is 5.69 Å². The highest BCUT2D eigenvalue weighted by molar-refractivity contribution is 5.75. The summed E-state index contributed by atoms with van der Waals surface area (Å²) in [6.07, 6.45) is 0.591. The van der Waals surface area contributed by atoms with Crippen LogP contribution < -0.4 is 5.32 Å². The smallest absolute Gasteiger partial charge is 0.211 e. The summed E-state index contributed by atoms with van der Waals surface area (Å²) in [5.41, 5.74) is 2.16. The van der Waals surface area contributed by atoms with Crippen LogP contribution in [0.3, 0.4) is 0 Å². The SMILES string of the molecule is Cc1cc(F)cc(C)c1NC=O. The quantitative estimate of drug-likeness (QED) is 0.671. The lowest BCUT2D eigenvalue weighted by Crippen LogP contribution is -1.99. The molecule has 2 nitrogen and oxygen atoms in total. The van der Waals surface area contributed by atoms with E-state index in [1.807, 2.05) is 0 Å². The number of rotatable bonds is 2. The van der Waals surface area contributed by atoms with Crippen molar-refractivity contribution in [2.45, 2.75) is 13.8 Å². The molecule has 0 fully saturated rings. The van der Waals surface area contributed by atoms with E-state index in [2.05, 4.69) is 5.32 Å². The van der Waals surface area contributed by atoms with Crippen LogP contribution in [-0.2, 0) is 4.79 Å². The Bertz CT molecular complexity index is 286. The number of carbonyl (C=O) groups excluding carboxylic acids is 1. The molecule has 0 unspecified atom stereocenters. The van der Waals surface area contributed by atoms with E-state index >= 15 is 0 Å². The fourth-order valence-electron chi connectivity index (χ4n) is 1.20. The summed E-state index contributed by atoms with van der Waals surface area (Å²) in [6, 6.07) is 2.78. The zero-order valence-corrected chi connectivity index (χ0v) is 7.02. The Morgan fingerprint density at radius 3 is 2.25 bits per heavy atom. The molecule has 0 aliphatic heterocycles. The van der Waals surface area contributed by atoms with Crippen molar-refractivity contribution in [2.75, 3.05) is 5.32 Å². The maximum Gasteiger partial charge on any atom is 0.211 e. The Balaban J connectivity index is 3.18. The molecule has 12 heavy (non-hydrogen) atoms. The van der Waals surface area contributed by atoms with Gasteiger partial charge in [-0.3, -0.25) is 4.79 Å². The molecular formula is C9H10FNO. The molecule has 1 aromatic carbocycles. The lowest BCUT2D eigenvalue weighted by atomic mass is 10.1. The molecule has 0 aromatic heterocycles. The lowest BCUT2D eigenvalue weighted by molar-refractivity contribution is -0.105. The molecule has 1 N–H and O–H groups in total. The van der Waals surface area contributed by atoms with Crippen molar-refractivity contribution in [1.82, 2.24) is 0 Å². The summed E-state index contributed by atoms with van der Waals surface area (Å²) in [4.78, 5) is 10.2. The average molecular weight is 167 g/mol. The Hall–Kier alpha value is -1.38. The average Bonchev–Trinajstić information content (AvgIpc) is 1.96. The van der Waals surface area contributed by atoms with Crippen LogP contribution in [0.4, 0.5) is 10.1 Å². The van der Waals surface area contributed by atoms with E-state index in [1.54, 1.807) is 13.8 Å². The summed E-state index contributed by atoms with van der Waals surface area (Å²) in [7, 11) is 0. The molecular weight excluding hydrogens is 157 g/mol. The third-order valence-corrected chi connectivity index (χ3v) is 1.70. The first-order chi connectivity index (χ1) is 5.65. The van der Waals surface area contributed by atoms with Gasteiger partial charge < -0.3 is 5.32 Å². The molecule has 0 heterocycles. The molecule has 0 aliphatic rings. The van der Waals surface area contributed by atoms with Gasteiger partial charge in [0.15, 0.2) is 0 Å². The molecule has 0 aliphatic carbocycles. The lowest BCUT2D eigenvalue weighted by Gasteiger charge is -2.07. The van der Waals surface area contributed by atoms with Crippen LogP contribution in [0, 0.1) is 19.7 Å². The predicted molar refractivity (Wildman–Crippen MR) is 45.6 cm³/mol. The number of benzene rings is 1. The van der Waals surface area contributed by atoms with E-state index in [0.717, 1.165) is 11.1 Å². The first-order valence-corrected chi connectivity index (χ1v) is 3.62. The monoisotopic (exact) mass is 167 g/mol. The number of halogens is 1. The zero-order valence-electron chi connectivity index (χ0n) is 7.02. The molecule has 0 saturated heterocycles. The first kappa shape index (κ1) is 8.71. The molecule has 3 heteroatoms. The van der Waals surface area contributed by atoms with Crippen molar-refractivity contribution in [3.8, 4) is 0 Å². The number of anilines is 1. The summed E-state index contributed by atoms with van der Waals surface area (Å²) in [5.74, 6) is -0.276. The molecule has 0 bridgehead atoms. The first-order valence-electron chi connectivity index (χ1n) is 3.62. The van der Waals surface area contributed by atoms with Gasteiger partial charge in [-0.1, -0.05) is 0 Å². The van der Waals surface area contributed by atoms with E-state index in [4.69, 9.17) is 0 Å². The van der Waals surface area contributed by atoms with Crippen molar-refractivity contribution in [3.05, 3.63) is 29.1 Å². The van der Waals surface area contributed by atoms with Crippen molar-refractivity contribution in [3.63, 3.8) is 0 Å². The Morgan fingerprint density at radius 2 is 1.83 bits per heavy atom. The third kappa shape index (κ3) is 1.61. The van der Waals surface area contributed by atoms with Gasteiger partial charge in [0.1, 0.15) is 5.82 Å². The molecule has 1 aromatic rings. The minimum absolute atomic E-state index is 0.276. The normalized spacial score (nSPS) is 9.58. The van der Waals surface area contributed by atoms with Crippen LogP contribution >= 0.6 is 0 Å². The van der Waals surface area contributed by atoms with Crippen molar-refractivity contribution >= 4 is 12.1 Å². The second kappa shape index (κ2) is 3.34. The number of aryl methyl sites for hydroxylation is 2. The summed E-state index contributed by atoms with van der Waals surface area (Å²) >= 11 is 0. The van der Waals surface area contributed by atoms with Gasteiger partial charge in [-0.15, -0.1) is 0 Å². The minimum Gasteiger partial charge on any atom is -0.328 e. The van der Waals surface area contributed by atoms with Crippen LogP contribution in [0.15, 0.2) is 12.1 Å². The van der Waals surface area contributed by atoms with Gasteiger partial charge in [0.2, 0.25) is 6.41 Å². The number of carbonyl (C=O) groups is 1. The maximum atomic E-state index is 12.7. The van der Waals surface area contributed by atoms with E-state index < -0.39 is 0 Å². The predicted octanol–water partition coefficient (Wildman–Crippen LogP) is 2.01. The number of amides is 1. The standard InChI is InChI=1S/C9H10FNO/c1-6-3-8(10)4-7(2)9(6)11-5-12/h3-5H,1-2H3,(H,11,12). The summed E-state index contributed by atoms with van der Waals surface area (Å²) in [6.45, 7) is 3.50. The molecule has 1 amide bonds. The van der Waals surface area contributed by atoms with Crippen LogP contribution in [-0.4, -0.2) is 6.41 Å². The fourth-order valence-corrected chi connectivity index (χ4v) is 1.20. The Kier molecular flexibility index (Phi) is 2.43. The number of hydrogen-bond acceptors (Lipinski definition) is 1. The molecule has 0 spiro atoms.